The fraction of sp³-hybridized carbons (Fsp3) is 0.950. The number of nitrogens with one attached hydrogen (secondary N) is 1. The number of ether oxygens (including phenoxy) is 1. The van der Waals surface area contributed by atoms with Gasteiger partial charge in [-0.25, -0.2) is 0 Å². The predicted octanol–water partition coefficient (Wildman–Crippen LogP) is 2.68. The number of unbranched alkanes of at least 4 members (excludes halogenated alkanes) is 1. The molecule has 3 atom stereocenters. The topological polar surface area (TPSA) is 40.1 Å². The fourth-order valence-corrected chi connectivity index (χ4v) is 4.28. The van der Waals surface area contributed by atoms with Gasteiger partial charge < -0.3 is 19.9 Å². The number of likely N-dealkylation sites (tertiary alicyclic amines) is 1. The van der Waals surface area contributed by atoms with E-state index in [1.807, 2.05) is 0 Å². The minimum Gasteiger partial charge on any atom is -0.381 e. The minimum absolute atomic E-state index is 0.650. The summed E-state index contributed by atoms with van der Waals surface area (Å²) in [5.41, 5.74) is 0. The van der Waals surface area contributed by atoms with Gasteiger partial charge in [0.2, 0.25) is 0 Å². The molecule has 5 heteroatoms. The molecule has 146 valence electrons. The lowest BCUT2D eigenvalue weighted by atomic mass is 9.92. The van der Waals surface area contributed by atoms with Gasteiger partial charge in [-0.15, -0.1) is 0 Å². The molecule has 0 radical (unpaired) electrons. The lowest BCUT2D eigenvalue weighted by Crippen LogP contribution is -2.41. The number of hydrogen-bond acceptors (Lipinski definition) is 3. The molecule has 2 heterocycles. The highest BCUT2D eigenvalue weighted by molar-refractivity contribution is 5.79. The largest absolute Gasteiger partial charge is 0.381 e. The highest BCUT2D eigenvalue weighted by Crippen LogP contribution is 2.21. The van der Waals surface area contributed by atoms with E-state index >= 15 is 0 Å². The SMILES string of the molecule is CCNC(=NCCCCN1CC(C)CC(C)C1)N(C)CC1CCOC1. The zero-order valence-corrected chi connectivity index (χ0v) is 17.0. The molecule has 0 spiro atoms. The van der Waals surface area contributed by atoms with Gasteiger partial charge in [0.1, 0.15) is 0 Å². The highest BCUT2D eigenvalue weighted by Gasteiger charge is 2.21. The first-order valence-corrected chi connectivity index (χ1v) is 10.4. The number of nitrogens with zero attached hydrogens (tertiary/aromatic N) is 3. The van der Waals surface area contributed by atoms with E-state index in [1.54, 1.807) is 0 Å². The Morgan fingerprint density at radius 2 is 2.00 bits per heavy atom. The quantitative estimate of drug-likeness (QED) is 0.414. The second-order valence-corrected chi connectivity index (χ2v) is 8.26. The first kappa shape index (κ1) is 20.5. The van der Waals surface area contributed by atoms with Crippen LogP contribution in [-0.4, -0.2) is 75.3 Å². The maximum absolute atomic E-state index is 5.49. The standard InChI is InChI=1S/C20H40N4O/c1-5-21-20(23(4)15-19-8-11-25-16-19)22-9-6-7-10-24-13-17(2)12-18(3)14-24/h17-19H,5-16H2,1-4H3,(H,21,22). The van der Waals surface area contributed by atoms with E-state index in [-0.39, 0.29) is 0 Å². The Kier molecular flexibility index (Phi) is 9.04. The van der Waals surface area contributed by atoms with Crippen LogP contribution in [0.25, 0.3) is 0 Å². The molecule has 0 aromatic heterocycles. The summed E-state index contributed by atoms with van der Waals surface area (Å²) < 4.78 is 5.49. The summed E-state index contributed by atoms with van der Waals surface area (Å²) in [4.78, 5) is 9.77. The Labute approximate surface area is 155 Å². The summed E-state index contributed by atoms with van der Waals surface area (Å²) in [6, 6.07) is 0. The summed E-state index contributed by atoms with van der Waals surface area (Å²) in [6.45, 7) is 15.4. The number of piperidine rings is 1. The molecule has 0 amide bonds. The van der Waals surface area contributed by atoms with E-state index in [2.05, 4.69) is 42.9 Å². The van der Waals surface area contributed by atoms with Gasteiger partial charge in [0, 0.05) is 52.3 Å². The zero-order valence-electron chi connectivity index (χ0n) is 17.0. The molecule has 2 aliphatic rings. The third-order valence-corrected chi connectivity index (χ3v) is 5.34. The van der Waals surface area contributed by atoms with Crippen molar-refractivity contribution in [2.45, 2.75) is 46.5 Å². The molecule has 1 N–H and O–H groups in total. The zero-order chi connectivity index (χ0) is 18.1. The van der Waals surface area contributed by atoms with Crippen LogP contribution in [0.15, 0.2) is 4.99 Å². The van der Waals surface area contributed by atoms with Crippen molar-refractivity contribution in [1.82, 2.24) is 15.1 Å². The van der Waals surface area contributed by atoms with E-state index in [0.717, 1.165) is 50.6 Å². The molecule has 2 rings (SSSR count). The predicted molar refractivity (Wildman–Crippen MR) is 106 cm³/mol. The molecule has 0 aromatic carbocycles. The second kappa shape index (κ2) is 11.0. The Morgan fingerprint density at radius 3 is 2.64 bits per heavy atom. The van der Waals surface area contributed by atoms with Crippen molar-refractivity contribution in [1.29, 1.82) is 0 Å². The second-order valence-electron chi connectivity index (χ2n) is 8.26. The summed E-state index contributed by atoms with van der Waals surface area (Å²) in [5, 5.41) is 3.43. The van der Waals surface area contributed by atoms with Crippen LogP contribution in [0.3, 0.4) is 0 Å². The summed E-state index contributed by atoms with van der Waals surface area (Å²) in [7, 11) is 2.15. The first-order valence-electron chi connectivity index (χ1n) is 10.4. The van der Waals surface area contributed by atoms with Gasteiger partial charge in [-0.1, -0.05) is 13.8 Å². The fourth-order valence-electron chi connectivity index (χ4n) is 4.28. The van der Waals surface area contributed by atoms with Gasteiger partial charge in [-0.2, -0.15) is 0 Å². The number of rotatable bonds is 8. The molecule has 3 unspecified atom stereocenters. The van der Waals surface area contributed by atoms with E-state index in [9.17, 15) is 0 Å². The third-order valence-electron chi connectivity index (χ3n) is 5.34. The van der Waals surface area contributed by atoms with E-state index < -0.39 is 0 Å². The first-order chi connectivity index (χ1) is 12.1. The van der Waals surface area contributed by atoms with Crippen LogP contribution in [0.5, 0.6) is 0 Å². The van der Waals surface area contributed by atoms with Gasteiger partial charge in [0.05, 0.1) is 6.61 Å². The average Bonchev–Trinajstić information content (AvgIpc) is 3.05. The third kappa shape index (κ3) is 7.53. The van der Waals surface area contributed by atoms with Crippen molar-refractivity contribution in [2.24, 2.45) is 22.7 Å². The number of aliphatic imine (C=N–C) groups is 1. The van der Waals surface area contributed by atoms with Crippen molar-refractivity contribution in [2.75, 3.05) is 59.5 Å². The smallest absolute Gasteiger partial charge is 0.193 e. The van der Waals surface area contributed by atoms with E-state index in [0.29, 0.717) is 5.92 Å². The van der Waals surface area contributed by atoms with Gasteiger partial charge in [0.25, 0.3) is 0 Å². The molecule has 0 saturated carbocycles. The Hall–Kier alpha value is -0.810. The number of guanidine groups is 1. The lowest BCUT2D eigenvalue weighted by molar-refractivity contribution is 0.139. The molecular formula is C20H40N4O. The maximum atomic E-state index is 5.49. The molecule has 25 heavy (non-hydrogen) atoms. The van der Waals surface area contributed by atoms with Gasteiger partial charge >= 0.3 is 0 Å². The molecule has 2 fully saturated rings. The summed E-state index contributed by atoms with van der Waals surface area (Å²) >= 11 is 0. The molecule has 0 aromatic rings. The van der Waals surface area contributed by atoms with Crippen molar-refractivity contribution >= 4 is 5.96 Å². The average molecular weight is 353 g/mol. The van der Waals surface area contributed by atoms with Crippen molar-refractivity contribution in [3.05, 3.63) is 0 Å². The van der Waals surface area contributed by atoms with Crippen molar-refractivity contribution < 1.29 is 4.74 Å². The monoisotopic (exact) mass is 352 g/mol. The van der Waals surface area contributed by atoms with Crippen LogP contribution >= 0.6 is 0 Å². The van der Waals surface area contributed by atoms with Crippen molar-refractivity contribution in [3.8, 4) is 0 Å². The summed E-state index contributed by atoms with van der Waals surface area (Å²) in [5.74, 6) is 3.41. The molecule has 2 aliphatic heterocycles. The Morgan fingerprint density at radius 1 is 1.24 bits per heavy atom. The normalized spacial score (nSPS) is 28.3. The van der Waals surface area contributed by atoms with E-state index in [4.69, 9.17) is 9.73 Å². The molecule has 0 aliphatic carbocycles. The number of hydrogen-bond donors (Lipinski definition) is 1. The highest BCUT2D eigenvalue weighted by atomic mass is 16.5. The van der Waals surface area contributed by atoms with Crippen LogP contribution < -0.4 is 5.32 Å². The van der Waals surface area contributed by atoms with Gasteiger partial charge in [0.15, 0.2) is 5.96 Å². The Balaban J connectivity index is 1.67. The molecule has 5 nitrogen and oxygen atoms in total. The molecule has 2 saturated heterocycles. The van der Waals surface area contributed by atoms with Gasteiger partial charge in [-0.3, -0.25) is 4.99 Å². The van der Waals surface area contributed by atoms with Crippen LogP contribution in [0.2, 0.25) is 0 Å². The Bertz CT molecular complexity index is 385. The van der Waals surface area contributed by atoms with Gasteiger partial charge in [-0.05, 0) is 51.0 Å². The minimum atomic E-state index is 0.650. The van der Waals surface area contributed by atoms with Crippen LogP contribution in [-0.2, 0) is 4.74 Å². The molecular weight excluding hydrogens is 312 g/mol. The summed E-state index contributed by atoms with van der Waals surface area (Å²) in [6.07, 6.45) is 5.00. The lowest BCUT2D eigenvalue weighted by Gasteiger charge is -2.34. The van der Waals surface area contributed by atoms with Crippen LogP contribution in [0.4, 0.5) is 0 Å². The van der Waals surface area contributed by atoms with E-state index in [1.165, 1.54) is 45.3 Å². The molecule has 0 bridgehead atoms. The van der Waals surface area contributed by atoms with Crippen LogP contribution in [0, 0.1) is 17.8 Å². The maximum Gasteiger partial charge on any atom is 0.193 e. The van der Waals surface area contributed by atoms with Crippen LogP contribution in [0.1, 0.15) is 46.5 Å². The van der Waals surface area contributed by atoms with Crippen molar-refractivity contribution in [3.63, 3.8) is 0 Å².